The minimum absolute atomic E-state index is 0.0895. The summed E-state index contributed by atoms with van der Waals surface area (Å²) in [6.07, 6.45) is 6.65. The molecule has 1 unspecified atom stereocenters. The van der Waals surface area contributed by atoms with Crippen molar-refractivity contribution in [2.75, 3.05) is 0 Å². The highest BCUT2D eigenvalue weighted by Gasteiger charge is 2.05. The van der Waals surface area contributed by atoms with Gasteiger partial charge < -0.3 is 5.11 Å². The molecule has 1 atom stereocenters. The highest BCUT2D eigenvalue weighted by atomic mass is 16.3. The van der Waals surface area contributed by atoms with Gasteiger partial charge in [0.15, 0.2) is 5.78 Å². The average Bonchev–Trinajstić information content (AvgIpc) is 2.24. The predicted octanol–water partition coefficient (Wildman–Crippen LogP) is 2.42. The zero-order valence-electron chi connectivity index (χ0n) is 10.2. The summed E-state index contributed by atoms with van der Waals surface area (Å²) < 4.78 is 0. The molecular formula is C13H22O3. The molecule has 0 saturated heterocycles. The van der Waals surface area contributed by atoms with E-state index < -0.39 is 6.10 Å². The monoisotopic (exact) mass is 226 g/mol. The van der Waals surface area contributed by atoms with E-state index in [0.717, 1.165) is 19.3 Å². The van der Waals surface area contributed by atoms with Gasteiger partial charge in [-0.05, 0) is 25.8 Å². The largest absolute Gasteiger partial charge is 0.389 e. The van der Waals surface area contributed by atoms with Gasteiger partial charge in [-0.2, -0.15) is 0 Å². The summed E-state index contributed by atoms with van der Waals surface area (Å²) in [5.74, 6) is 0.108. The normalized spacial score (nSPS) is 12.9. The van der Waals surface area contributed by atoms with E-state index in [0.29, 0.717) is 19.3 Å². The third-order valence-electron chi connectivity index (χ3n) is 2.33. The van der Waals surface area contributed by atoms with Crippen LogP contribution in [-0.2, 0) is 9.59 Å². The lowest BCUT2D eigenvalue weighted by Crippen LogP contribution is -2.07. The minimum Gasteiger partial charge on any atom is -0.389 e. The van der Waals surface area contributed by atoms with Crippen molar-refractivity contribution in [3.8, 4) is 0 Å². The van der Waals surface area contributed by atoms with Crippen molar-refractivity contribution < 1.29 is 14.7 Å². The second kappa shape index (κ2) is 9.28. The summed E-state index contributed by atoms with van der Waals surface area (Å²) in [4.78, 5) is 22.0. The zero-order chi connectivity index (χ0) is 12.4. The Morgan fingerprint density at radius 1 is 1.25 bits per heavy atom. The lowest BCUT2D eigenvalue weighted by Gasteiger charge is -2.04. The molecule has 0 aliphatic rings. The van der Waals surface area contributed by atoms with Crippen LogP contribution in [0.15, 0.2) is 12.2 Å². The summed E-state index contributed by atoms with van der Waals surface area (Å²) in [6, 6.07) is 0. The lowest BCUT2D eigenvalue weighted by molar-refractivity contribution is -0.119. The molecule has 0 aliphatic carbocycles. The van der Waals surface area contributed by atoms with Crippen molar-refractivity contribution in [2.45, 2.75) is 58.5 Å². The SMILES string of the molecule is CCCCCC(=O)CCC(O)/C=C/C(C)=O. The molecular weight excluding hydrogens is 204 g/mol. The van der Waals surface area contributed by atoms with E-state index in [-0.39, 0.29) is 11.6 Å². The number of Topliss-reactive ketones (excluding diaryl/α,β-unsaturated/α-hetero) is 1. The maximum atomic E-state index is 11.4. The van der Waals surface area contributed by atoms with Gasteiger partial charge in [-0.25, -0.2) is 0 Å². The van der Waals surface area contributed by atoms with Crippen molar-refractivity contribution in [2.24, 2.45) is 0 Å². The molecule has 3 nitrogen and oxygen atoms in total. The van der Waals surface area contributed by atoms with Crippen molar-refractivity contribution in [1.29, 1.82) is 0 Å². The van der Waals surface area contributed by atoms with Gasteiger partial charge in [0.25, 0.3) is 0 Å². The molecule has 0 amide bonds. The average molecular weight is 226 g/mol. The molecule has 0 spiro atoms. The molecule has 0 saturated carbocycles. The number of hydrogen-bond acceptors (Lipinski definition) is 3. The van der Waals surface area contributed by atoms with Crippen LogP contribution in [0.2, 0.25) is 0 Å². The van der Waals surface area contributed by atoms with E-state index in [1.807, 2.05) is 0 Å². The molecule has 0 aromatic rings. The van der Waals surface area contributed by atoms with Crippen LogP contribution in [-0.4, -0.2) is 22.8 Å². The van der Waals surface area contributed by atoms with Crippen LogP contribution in [0, 0.1) is 0 Å². The molecule has 0 aromatic carbocycles. The topological polar surface area (TPSA) is 54.4 Å². The van der Waals surface area contributed by atoms with E-state index in [2.05, 4.69) is 6.92 Å². The van der Waals surface area contributed by atoms with Crippen LogP contribution >= 0.6 is 0 Å². The standard InChI is InChI=1S/C13H22O3/c1-3-4-5-6-12(15)9-10-13(16)8-7-11(2)14/h7-8,13,16H,3-6,9-10H2,1-2H3/b8-7+. The van der Waals surface area contributed by atoms with Crippen LogP contribution < -0.4 is 0 Å². The van der Waals surface area contributed by atoms with Crippen LogP contribution in [0.4, 0.5) is 0 Å². The smallest absolute Gasteiger partial charge is 0.152 e. The van der Waals surface area contributed by atoms with Crippen molar-refractivity contribution in [3.05, 3.63) is 12.2 Å². The van der Waals surface area contributed by atoms with Crippen molar-refractivity contribution in [3.63, 3.8) is 0 Å². The quantitative estimate of drug-likeness (QED) is 0.485. The lowest BCUT2D eigenvalue weighted by atomic mass is 10.1. The fourth-order valence-corrected chi connectivity index (χ4v) is 1.35. The molecule has 0 heterocycles. The number of unbranched alkanes of at least 4 members (excludes halogenated alkanes) is 2. The number of aliphatic hydroxyl groups excluding tert-OH is 1. The molecule has 0 radical (unpaired) electrons. The Morgan fingerprint density at radius 3 is 2.50 bits per heavy atom. The molecule has 92 valence electrons. The van der Waals surface area contributed by atoms with E-state index in [1.165, 1.54) is 19.1 Å². The Balaban J connectivity index is 3.62. The third-order valence-corrected chi connectivity index (χ3v) is 2.33. The van der Waals surface area contributed by atoms with Gasteiger partial charge in [0.1, 0.15) is 5.78 Å². The molecule has 3 heteroatoms. The number of carbonyl (C=O) groups excluding carboxylic acids is 2. The Hall–Kier alpha value is -0.960. The summed E-state index contributed by atoms with van der Waals surface area (Å²) in [7, 11) is 0. The van der Waals surface area contributed by atoms with Gasteiger partial charge in [-0.15, -0.1) is 0 Å². The molecule has 0 bridgehead atoms. The number of aliphatic hydroxyl groups is 1. The summed E-state index contributed by atoms with van der Waals surface area (Å²) in [6.45, 7) is 3.53. The third kappa shape index (κ3) is 9.59. The summed E-state index contributed by atoms with van der Waals surface area (Å²) in [5, 5.41) is 9.43. The first kappa shape index (κ1) is 15.0. The molecule has 1 N–H and O–H groups in total. The second-order valence-corrected chi connectivity index (χ2v) is 4.07. The van der Waals surface area contributed by atoms with Gasteiger partial charge >= 0.3 is 0 Å². The zero-order valence-corrected chi connectivity index (χ0v) is 10.2. The Bertz CT molecular complexity index is 244. The van der Waals surface area contributed by atoms with Crippen molar-refractivity contribution in [1.82, 2.24) is 0 Å². The van der Waals surface area contributed by atoms with E-state index in [1.54, 1.807) is 0 Å². The van der Waals surface area contributed by atoms with Crippen molar-refractivity contribution >= 4 is 11.6 Å². The highest BCUT2D eigenvalue weighted by Crippen LogP contribution is 2.06. The molecule has 0 aliphatic heterocycles. The predicted molar refractivity (Wildman–Crippen MR) is 64.2 cm³/mol. The molecule has 0 rings (SSSR count). The Kier molecular flexibility index (Phi) is 8.72. The molecule has 0 aromatic heterocycles. The summed E-state index contributed by atoms with van der Waals surface area (Å²) in [5.41, 5.74) is 0. The number of rotatable bonds is 9. The number of allylic oxidation sites excluding steroid dienone is 1. The fraction of sp³-hybridized carbons (Fsp3) is 0.692. The first-order chi connectivity index (χ1) is 7.56. The van der Waals surface area contributed by atoms with E-state index in [4.69, 9.17) is 0 Å². The van der Waals surface area contributed by atoms with Gasteiger partial charge in [0, 0.05) is 12.8 Å². The maximum absolute atomic E-state index is 11.4. The van der Waals surface area contributed by atoms with Gasteiger partial charge in [0.2, 0.25) is 0 Å². The Morgan fingerprint density at radius 2 is 1.94 bits per heavy atom. The molecule has 0 fully saturated rings. The minimum atomic E-state index is -0.681. The number of hydrogen-bond donors (Lipinski definition) is 1. The number of ketones is 2. The highest BCUT2D eigenvalue weighted by molar-refractivity contribution is 5.87. The number of carbonyl (C=O) groups is 2. The van der Waals surface area contributed by atoms with Crippen LogP contribution in [0.3, 0.4) is 0 Å². The van der Waals surface area contributed by atoms with Gasteiger partial charge in [-0.1, -0.05) is 25.8 Å². The first-order valence-electron chi connectivity index (χ1n) is 5.94. The first-order valence-corrected chi connectivity index (χ1v) is 5.94. The van der Waals surface area contributed by atoms with Gasteiger partial charge in [0.05, 0.1) is 6.10 Å². The van der Waals surface area contributed by atoms with Gasteiger partial charge in [-0.3, -0.25) is 9.59 Å². The fourth-order valence-electron chi connectivity index (χ4n) is 1.35. The summed E-state index contributed by atoms with van der Waals surface area (Å²) >= 11 is 0. The van der Waals surface area contributed by atoms with E-state index in [9.17, 15) is 14.7 Å². The second-order valence-electron chi connectivity index (χ2n) is 4.07. The van der Waals surface area contributed by atoms with Crippen LogP contribution in [0.1, 0.15) is 52.4 Å². The maximum Gasteiger partial charge on any atom is 0.152 e. The van der Waals surface area contributed by atoms with Crippen LogP contribution in [0.25, 0.3) is 0 Å². The van der Waals surface area contributed by atoms with E-state index >= 15 is 0 Å². The molecule has 16 heavy (non-hydrogen) atoms. The van der Waals surface area contributed by atoms with Crippen LogP contribution in [0.5, 0.6) is 0 Å². The Labute approximate surface area is 97.5 Å².